The SMILES string of the molecule is O=c1c2ccc3[nH]ncc3c2n2cnc3ccc(NCCN4CCOCC4)c1c32. The summed E-state index contributed by atoms with van der Waals surface area (Å²) < 4.78 is 7.43. The minimum atomic E-state index is 0.0237. The summed E-state index contributed by atoms with van der Waals surface area (Å²) in [4.78, 5) is 20.4. The van der Waals surface area contributed by atoms with Crippen LogP contribution in [-0.4, -0.2) is 63.9 Å². The number of morpholine rings is 1. The van der Waals surface area contributed by atoms with Gasteiger partial charge in [0.05, 0.1) is 46.9 Å². The Kier molecular flexibility index (Phi) is 3.68. The summed E-state index contributed by atoms with van der Waals surface area (Å²) in [6, 6.07) is 7.72. The molecular weight excluding hydrogens is 368 g/mol. The van der Waals surface area contributed by atoms with Crippen LogP contribution in [-0.2, 0) is 4.74 Å². The maximum absolute atomic E-state index is 13.5. The lowest BCUT2D eigenvalue weighted by molar-refractivity contribution is 0.0398. The minimum Gasteiger partial charge on any atom is -0.383 e. The largest absolute Gasteiger partial charge is 0.383 e. The highest BCUT2D eigenvalue weighted by molar-refractivity contribution is 6.12. The van der Waals surface area contributed by atoms with Crippen LogP contribution in [0.4, 0.5) is 5.69 Å². The van der Waals surface area contributed by atoms with Gasteiger partial charge in [-0.05, 0) is 24.3 Å². The molecule has 2 aromatic carbocycles. The van der Waals surface area contributed by atoms with Crippen molar-refractivity contribution >= 4 is 43.9 Å². The van der Waals surface area contributed by atoms with Crippen LogP contribution in [0.2, 0.25) is 0 Å². The van der Waals surface area contributed by atoms with E-state index in [0.29, 0.717) is 10.8 Å². The molecule has 29 heavy (non-hydrogen) atoms. The lowest BCUT2D eigenvalue weighted by Gasteiger charge is -2.26. The van der Waals surface area contributed by atoms with Gasteiger partial charge in [-0.3, -0.25) is 19.2 Å². The van der Waals surface area contributed by atoms with Crippen LogP contribution in [0.3, 0.4) is 0 Å². The number of hydrogen-bond acceptors (Lipinski definition) is 6. The zero-order valence-electron chi connectivity index (χ0n) is 15.8. The number of aromatic nitrogens is 4. The predicted molar refractivity (Wildman–Crippen MR) is 113 cm³/mol. The second-order valence-electron chi connectivity index (χ2n) is 7.47. The summed E-state index contributed by atoms with van der Waals surface area (Å²) in [5.41, 5.74) is 4.31. The third kappa shape index (κ3) is 2.49. The van der Waals surface area contributed by atoms with Crippen molar-refractivity contribution in [2.24, 2.45) is 0 Å². The third-order valence-corrected chi connectivity index (χ3v) is 5.87. The van der Waals surface area contributed by atoms with Crippen molar-refractivity contribution in [3.63, 3.8) is 0 Å². The smallest absolute Gasteiger partial charge is 0.199 e. The Balaban J connectivity index is 1.50. The van der Waals surface area contributed by atoms with Gasteiger partial charge in [-0.25, -0.2) is 4.98 Å². The number of imidazole rings is 1. The molecule has 1 aliphatic rings. The molecule has 3 aromatic heterocycles. The van der Waals surface area contributed by atoms with Crippen molar-refractivity contribution in [1.82, 2.24) is 24.5 Å². The summed E-state index contributed by atoms with van der Waals surface area (Å²) in [7, 11) is 0. The highest BCUT2D eigenvalue weighted by atomic mass is 16.5. The Labute approximate surface area is 165 Å². The maximum atomic E-state index is 13.5. The van der Waals surface area contributed by atoms with Crippen LogP contribution in [0.15, 0.2) is 41.6 Å². The van der Waals surface area contributed by atoms with Gasteiger partial charge in [-0.15, -0.1) is 0 Å². The monoisotopic (exact) mass is 388 g/mol. The van der Waals surface area contributed by atoms with E-state index in [2.05, 4.69) is 25.4 Å². The van der Waals surface area contributed by atoms with E-state index in [1.807, 2.05) is 28.7 Å². The van der Waals surface area contributed by atoms with Crippen LogP contribution in [0.25, 0.3) is 38.2 Å². The van der Waals surface area contributed by atoms with Crippen molar-refractivity contribution in [2.45, 2.75) is 0 Å². The molecule has 0 saturated carbocycles. The fraction of sp³-hybridized carbons (Fsp3) is 0.286. The molecule has 0 radical (unpaired) electrons. The number of hydrogen-bond donors (Lipinski definition) is 2. The lowest BCUT2D eigenvalue weighted by atomic mass is 10.1. The Morgan fingerprint density at radius 1 is 1.10 bits per heavy atom. The lowest BCUT2D eigenvalue weighted by Crippen LogP contribution is -2.39. The van der Waals surface area contributed by atoms with Gasteiger partial charge in [0.2, 0.25) is 0 Å². The highest BCUT2D eigenvalue weighted by Gasteiger charge is 2.18. The van der Waals surface area contributed by atoms with E-state index >= 15 is 0 Å². The van der Waals surface area contributed by atoms with Gasteiger partial charge in [-0.2, -0.15) is 5.10 Å². The standard InChI is InChI=1S/C21H20N6O2/c28-21-13-1-2-15-14(11-24-25-15)19(13)27-12-23-17-4-3-16(18(21)20(17)27)22-5-6-26-7-9-29-10-8-26/h1-4,11-12,22H,5-10H2,(H,24,25). The fourth-order valence-electron chi connectivity index (χ4n) is 4.41. The summed E-state index contributed by atoms with van der Waals surface area (Å²) in [6.07, 6.45) is 3.56. The molecule has 8 heteroatoms. The number of pyridine rings is 1. The molecule has 4 heterocycles. The van der Waals surface area contributed by atoms with E-state index in [1.165, 1.54) is 0 Å². The number of rotatable bonds is 4. The topological polar surface area (TPSA) is 87.5 Å². The van der Waals surface area contributed by atoms with E-state index < -0.39 is 0 Å². The van der Waals surface area contributed by atoms with E-state index in [1.54, 1.807) is 12.5 Å². The molecule has 0 amide bonds. The van der Waals surface area contributed by atoms with Crippen LogP contribution < -0.4 is 10.7 Å². The number of aromatic amines is 1. The van der Waals surface area contributed by atoms with Gasteiger partial charge in [0.25, 0.3) is 0 Å². The summed E-state index contributed by atoms with van der Waals surface area (Å²) in [5.74, 6) is 0. The molecule has 0 unspecified atom stereocenters. The molecule has 146 valence electrons. The maximum Gasteiger partial charge on any atom is 0.199 e. The molecule has 1 fully saturated rings. The third-order valence-electron chi connectivity index (χ3n) is 5.87. The average molecular weight is 388 g/mol. The van der Waals surface area contributed by atoms with Gasteiger partial charge in [-0.1, -0.05) is 0 Å². The van der Waals surface area contributed by atoms with Crippen molar-refractivity contribution in [1.29, 1.82) is 0 Å². The molecule has 6 rings (SSSR count). The number of fused-ring (bicyclic) bond motifs is 4. The molecule has 0 spiro atoms. The first kappa shape index (κ1) is 16.7. The quantitative estimate of drug-likeness (QED) is 0.458. The number of nitrogens with one attached hydrogen (secondary N) is 2. The van der Waals surface area contributed by atoms with E-state index in [0.717, 1.165) is 72.5 Å². The molecule has 0 bridgehead atoms. The van der Waals surface area contributed by atoms with Crippen LogP contribution in [0.5, 0.6) is 0 Å². The Morgan fingerprint density at radius 2 is 2.00 bits per heavy atom. The van der Waals surface area contributed by atoms with Gasteiger partial charge < -0.3 is 10.1 Å². The zero-order chi connectivity index (χ0) is 19.4. The number of H-pyrrole nitrogens is 1. The number of anilines is 1. The molecule has 0 atom stereocenters. The van der Waals surface area contributed by atoms with E-state index in [9.17, 15) is 4.79 Å². The van der Waals surface area contributed by atoms with Crippen molar-refractivity contribution < 1.29 is 4.74 Å². The molecule has 2 N–H and O–H groups in total. The Hall–Kier alpha value is -3.23. The molecule has 8 nitrogen and oxygen atoms in total. The van der Waals surface area contributed by atoms with Crippen molar-refractivity contribution in [2.75, 3.05) is 44.7 Å². The average Bonchev–Trinajstić information content (AvgIpc) is 3.40. The first-order valence-electron chi connectivity index (χ1n) is 9.86. The molecule has 5 aromatic rings. The summed E-state index contributed by atoms with van der Waals surface area (Å²) in [5, 5.41) is 12.9. The van der Waals surface area contributed by atoms with Gasteiger partial charge in [0.1, 0.15) is 6.33 Å². The molecule has 0 aliphatic carbocycles. The van der Waals surface area contributed by atoms with Gasteiger partial charge in [0, 0.05) is 42.6 Å². The number of benzene rings is 2. The van der Waals surface area contributed by atoms with Crippen molar-refractivity contribution in [3.8, 4) is 0 Å². The Morgan fingerprint density at radius 3 is 2.90 bits per heavy atom. The van der Waals surface area contributed by atoms with Crippen LogP contribution in [0.1, 0.15) is 0 Å². The summed E-state index contributed by atoms with van der Waals surface area (Å²) >= 11 is 0. The number of nitrogens with zero attached hydrogens (tertiary/aromatic N) is 4. The second kappa shape index (κ2) is 6.40. The second-order valence-corrected chi connectivity index (χ2v) is 7.47. The van der Waals surface area contributed by atoms with Crippen LogP contribution in [0, 0.1) is 0 Å². The molecular formula is C21H20N6O2. The Bertz CT molecular complexity index is 1400. The normalized spacial score (nSPS) is 15.9. The molecule has 1 aliphatic heterocycles. The van der Waals surface area contributed by atoms with E-state index in [-0.39, 0.29) is 5.43 Å². The predicted octanol–water partition coefficient (Wildman–Crippen LogP) is 2.06. The fourth-order valence-corrected chi connectivity index (χ4v) is 4.41. The zero-order valence-corrected chi connectivity index (χ0v) is 15.8. The summed E-state index contributed by atoms with van der Waals surface area (Å²) in [6.45, 7) is 5.16. The van der Waals surface area contributed by atoms with Gasteiger partial charge >= 0.3 is 0 Å². The first-order chi connectivity index (χ1) is 14.3. The van der Waals surface area contributed by atoms with Crippen molar-refractivity contribution in [3.05, 3.63) is 47.0 Å². The van der Waals surface area contributed by atoms with E-state index in [4.69, 9.17) is 4.74 Å². The minimum absolute atomic E-state index is 0.0237. The van der Waals surface area contributed by atoms with Crippen LogP contribution >= 0.6 is 0 Å². The molecule has 1 saturated heterocycles. The van der Waals surface area contributed by atoms with Gasteiger partial charge in [0.15, 0.2) is 5.43 Å². The first-order valence-corrected chi connectivity index (χ1v) is 9.86. The number of ether oxygens (including phenoxy) is 1. The highest BCUT2D eigenvalue weighted by Crippen LogP contribution is 2.31.